The maximum absolute atomic E-state index is 5.79. The van der Waals surface area contributed by atoms with Crippen molar-refractivity contribution >= 4 is 0 Å². The fourth-order valence-corrected chi connectivity index (χ4v) is 2.62. The summed E-state index contributed by atoms with van der Waals surface area (Å²) in [6.07, 6.45) is 2.70. The molecule has 1 N–H and O–H groups in total. The average molecular weight is 255 g/mol. The molecular weight excluding hydrogens is 226 g/mol. The smallest absolute Gasteiger partial charge is 0.0672 e. The zero-order valence-corrected chi connectivity index (χ0v) is 12.4. The van der Waals surface area contributed by atoms with Crippen LogP contribution in [0.25, 0.3) is 0 Å². The molecule has 3 atom stereocenters. The molecule has 0 aromatic rings. The van der Waals surface area contributed by atoms with Crippen LogP contribution in [-0.4, -0.2) is 38.5 Å². The molecule has 0 spiro atoms. The summed E-state index contributed by atoms with van der Waals surface area (Å²) in [5.74, 6) is 0. The molecule has 0 aromatic heterocycles. The van der Waals surface area contributed by atoms with Gasteiger partial charge in [-0.05, 0) is 26.7 Å². The Morgan fingerprint density at radius 3 is 2.72 bits per heavy atom. The lowest BCUT2D eigenvalue weighted by atomic mass is 9.61. The molecule has 0 aromatic carbocycles. The Morgan fingerprint density at radius 2 is 2.17 bits per heavy atom. The highest BCUT2D eigenvalue weighted by Gasteiger charge is 2.50. The SMILES string of the molecule is C=C(C)COCCNC1CC(OCC)C1(C)CC. The molecule has 18 heavy (non-hydrogen) atoms. The molecular formula is C15H29NO2. The van der Waals surface area contributed by atoms with Crippen molar-refractivity contribution in [1.29, 1.82) is 0 Å². The van der Waals surface area contributed by atoms with E-state index < -0.39 is 0 Å². The van der Waals surface area contributed by atoms with Gasteiger partial charge in [0, 0.05) is 24.6 Å². The van der Waals surface area contributed by atoms with Crippen LogP contribution < -0.4 is 5.32 Å². The van der Waals surface area contributed by atoms with Gasteiger partial charge in [-0.2, -0.15) is 0 Å². The number of hydrogen-bond donors (Lipinski definition) is 1. The summed E-state index contributed by atoms with van der Waals surface area (Å²) in [5.41, 5.74) is 1.36. The van der Waals surface area contributed by atoms with E-state index in [0.717, 1.165) is 38.2 Å². The van der Waals surface area contributed by atoms with Crippen molar-refractivity contribution in [3.8, 4) is 0 Å². The van der Waals surface area contributed by atoms with Gasteiger partial charge in [-0.25, -0.2) is 0 Å². The van der Waals surface area contributed by atoms with Gasteiger partial charge >= 0.3 is 0 Å². The Hall–Kier alpha value is -0.380. The van der Waals surface area contributed by atoms with Crippen molar-refractivity contribution < 1.29 is 9.47 Å². The van der Waals surface area contributed by atoms with E-state index in [1.807, 2.05) is 6.92 Å². The van der Waals surface area contributed by atoms with E-state index in [2.05, 4.69) is 32.7 Å². The number of nitrogens with one attached hydrogen (secondary N) is 1. The molecule has 1 aliphatic carbocycles. The van der Waals surface area contributed by atoms with Crippen LogP contribution in [-0.2, 0) is 9.47 Å². The maximum atomic E-state index is 5.79. The quantitative estimate of drug-likeness (QED) is 0.507. The predicted octanol–water partition coefficient (Wildman–Crippen LogP) is 2.76. The Labute approximate surface area is 112 Å². The predicted molar refractivity (Wildman–Crippen MR) is 75.9 cm³/mol. The normalized spacial score (nSPS) is 31.1. The molecule has 0 heterocycles. The fraction of sp³-hybridized carbons (Fsp3) is 0.867. The molecule has 1 saturated carbocycles. The standard InChI is InChI=1S/C15H29NO2/c1-6-15(5)13(10-14(15)18-7-2)16-8-9-17-11-12(3)4/h13-14,16H,3,6-11H2,1-2,4-5H3. The summed E-state index contributed by atoms with van der Waals surface area (Å²) in [6, 6.07) is 0.562. The largest absolute Gasteiger partial charge is 0.378 e. The molecule has 1 rings (SSSR count). The van der Waals surface area contributed by atoms with E-state index in [4.69, 9.17) is 9.47 Å². The summed E-state index contributed by atoms with van der Waals surface area (Å²) >= 11 is 0. The molecule has 0 bridgehead atoms. The van der Waals surface area contributed by atoms with Gasteiger partial charge in [0.25, 0.3) is 0 Å². The van der Waals surface area contributed by atoms with Crippen LogP contribution in [0.1, 0.15) is 40.5 Å². The third kappa shape index (κ3) is 3.81. The summed E-state index contributed by atoms with van der Waals surface area (Å²) < 4.78 is 11.3. The van der Waals surface area contributed by atoms with Crippen molar-refractivity contribution in [2.45, 2.75) is 52.7 Å². The summed E-state index contributed by atoms with van der Waals surface area (Å²) in [6.45, 7) is 15.6. The molecule has 3 heteroatoms. The molecule has 0 aliphatic heterocycles. The zero-order valence-electron chi connectivity index (χ0n) is 12.4. The highest BCUT2D eigenvalue weighted by atomic mass is 16.5. The lowest BCUT2D eigenvalue weighted by Crippen LogP contribution is -2.62. The highest BCUT2D eigenvalue weighted by molar-refractivity contribution is 5.04. The van der Waals surface area contributed by atoms with Crippen molar-refractivity contribution in [3.05, 3.63) is 12.2 Å². The van der Waals surface area contributed by atoms with Crippen molar-refractivity contribution in [1.82, 2.24) is 5.32 Å². The van der Waals surface area contributed by atoms with E-state index >= 15 is 0 Å². The van der Waals surface area contributed by atoms with Crippen LogP contribution >= 0.6 is 0 Å². The van der Waals surface area contributed by atoms with Crippen LogP contribution in [0.15, 0.2) is 12.2 Å². The number of hydrogen-bond acceptors (Lipinski definition) is 3. The Balaban J connectivity index is 2.21. The van der Waals surface area contributed by atoms with Crippen molar-refractivity contribution in [2.75, 3.05) is 26.4 Å². The molecule has 106 valence electrons. The van der Waals surface area contributed by atoms with Crippen LogP contribution in [0.3, 0.4) is 0 Å². The van der Waals surface area contributed by atoms with Gasteiger partial charge < -0.3 is 14.8 Å². The molecule has 3 nitrogen and oxygen atoms in total. The molecule has 0 saturated heterocycles. The zero-order chi connectivity index (χ0) is 13.6. The van der Waals surface area contributed by atoms with Gasteiger partial charge in [0.1, 0.15) is 0 Å². The monoisotopic (exact) mass is 255 g/mol. The van der Waals surface area contributed by atoms with E-state index in [0.29, 0.717) is 18.8 Å². The van der Waals surface area contributed by atoms with Crippen molar-refractivity contribution in [3.63, 3.8) is 0 Å². The van der Waals surface area contributed by atoms with Gasteiger partial charge in [0.05, 0.1) is 19.3 Å². The number of ether oxygens (including phenoxy) is 2. The third-order valence-electron chi connectivity index (χ3n) is 4.10. The molecule has 1 fully saturated rings. The second-order valence-electron chi connectivity index (χ2n) is 5.56. The van der Waals surface area contributed by atoms with Gasteiger partial charge in [-0.1, -0.05) is 26.0 Å². The minimum Gasteiger partial charge on any atom is -0.378 e. The minimum absolute atomic E-state index is 0.282. The fourth-order valence-electron chi connectivity index (χ4n) is 2.62. The number of rotatable bonds is 9. The lowest BCUT2D eigenvalue weighted by Gasteiger charge is -2.53. The Morgan fingerprint density at radius 1 is 1.44 bits per heavy atom. The molecule has 3 unspecified atom stereocenters. The van der Waals surface area contributed by atoms with Gasteiger partial charge in [-0.3, -0.25) is 0 Å². The van der Waals surface area contributed by atoms with Crippen LogP contribution in [0.2, 0.25) is 0 Å². The second kappa shape index (κ2) is 7.27. The average Bonchev–Trinajstić information content (AvgIpc) is 2.34. The maximum Gasteiger partial charge on any atom is 0.0672 e. The first-order chi connectivity index (χ1) is 8.54. The first kappa shape index (κ1) is 15.7. The van der Waals surface area contributed by atoms with Crippen LogP contribution in [0.4, 0.5) is 0 Å². The van der Waals surface area contributed by atoms with Crippen LogP contribution in [0, 0.1) is 5.41 Å². The van der Waals surface area contributed by atoms with E-state index in [-0.39, 0.29) is 5.41 Å². The summed E-state index contributed by atoms with van der Waals surface area (Å²) in [4.78, 5) is 0. The first-order valence-corrected chi connectivity index (χ1v) is 7.11. The lowest BCUT2D eigenvalue weighted by molar-refractivity contribution is -0.126. The topological polar surface area (TPSA) is 30.5 Å². The van der Waals surface area contributed by atoms with Gasteiger partial charge in [0.2, 0.25) is 0 Å². The highest BCUT2D eigenvalue weighted by Crippen LogP contribution is 2.45. The first-order valence-electron chi connectivity index (χ1n) is 7.11. The second-order valence-corrected chi connectivity index (χ2v) is 5.56. The van der Waals surface area contributed by atoms with Gasteiger partial charge in [0.15, 0.2) is 0 Å². The van der Waals surface area contributed by atoms with E-state index in [9.17, 15) is 0 Å². The van der Waals surface area contributed by atoms with E-state index in [1.54, 1.807) is 0 Å². The minimum atomic E-state index is 0.282. The summed E-state index contributed by atoms with van der Waals surface area (Å²) in [7, 11) is 0. The molecule has 0 radical (unpaired) electrons. The third-order valence-corrected chi connectivity index (χ3v) is 4.10. The Bertz CT molecular complexity index is 267. The summed E-state index contributed by atoms with van der Waals surface area (Å²) in [5, 5.41) is 3.59. The van der Waals surface area contributed by atoms with Crippen LogP contribution in [0.5, 0.6) is 0 Å². The molecule has 1 aliphatic rings. The Kier molecular flexibility index (Phi) is 6.33. The van der Waals surface area contributed by atoms with Gasteiger partial charge in [-0.15, -0.1) is 0 Å². The molecule has 0 amide bonds. The van der Waals surface area contributed by atoms with Crippen molar-refractivity contribution in [2.24, 2.45) is 5.41 Å². The van der Waals surface area contributed by atoms with E-state index in [1.165, 1.54) is 0 Å².